The van der Waals surface area contributed by atoms with Gasteiger partial charge in [0.1, 0.15) is 5.69 Å². The van der Waals surface area contributed by atoms with Crippen LogP contribution >= 0.6 is 0 Å². The second-order valence-corrected chi connectivity index (χ2v) is 5.77. The molecule has 0 atom stereocenters. The van der Waals surface area contributed by atoms with Crippen molar-refractivity contribution in [2.45, 2.75) is 20.8 Å². The van der Waals surface area contributed by atoms with Crippen molar-refractivity contribution in [2.75, 3.05) is 5.73 Å². The predicted molar refractivity (Wildman–Crippen MR) is 94.9 cm³/mol. The molecule has 4 nitrogen and oxygen atoms in total. The number of aryl methyl sites for hydroxylation is 3. The van der Waals surface area contributed by atoms with E-state index in [0.717, 1.165) is 27.8 Å². The monoisotopic (exact) mass is 305 g/mol. The zero-order chi connectivity index (χ0) is 16.6. The Balaban J connectivity index is 2.13. The van der Waals surface area contributed by atoms with E-state index in [1.54, 1.807) is 6.07 Å². The number of nitrogens with zero attached hydrogens (tertiary/aromatic N) is 2. The molecule has 0 radical (unpaired) electrons. The molecule has 0 aliphatic rings. The van der Waals surface area contributed by atoms with E-state index in [-0.39, 0.29) is 5.75 Å². The second kappa shape index (κ2) is 5.72. The Kier molecular flexibility index (Phi) is 3.74. The van der Waals surface area contributed by atoms with Gasteiger partial charge in [0, 0.05) is 11.1 Å². The predicted octanol–water partition coefficient (Wildman–Crippen LogP) is 5.47. The first-order valence-corrected chi connectivity index (χ1v) is 7.47. The van der Waals surface area contributed by atoms with Crippen molar-refractivity contribution in [2.24, 2.45) is 10.2 Å². The van der Waals surface area contributed by atoms with E-state index < -0.39 is 0 Å². The van der Waals surface area contributed by atoms with E-state index in [4.69, 9.17) is 5.73 Å². The summed E-state index contributed by atoms with van der Waals surface area (Å²) >= 11 is 0. The van der Waals surface area contributed by atoms with Gasteiger partial charge in [-0.1, -0.05) is 36.4 Å². The minimum absolute atomic E-state index is 0.0682. The molecule has 0 unspecified atom stereocenters. The van der Waals surface area contributed by atoms with Crippen LogP contribution in [0.25, 0.3) is 10.8 Å². The molecule has 0 aliphatic carbocycles. The second-order valence-electron chi connectivity index (χ2n) is 5.77. The average molecular weight is 305 g/mol. The summed E-state index contributed by atoms with van der Waals surface area (Å²) in [6.07, 6.45) is 0. The number of hydrogen-bond acceptors (Lipinski definition) is 4. The third-order valence-corrected chi connectivity index (χ3v) is 4.09. The SMILES string of the molecule is Cc1cccc(C)c1/N=N/c1ccc2ccc(C)c(N)c2c1O. The highest BCUT2D eigenvalue weighted by Gasteiger charge is 2.11. The molecular weight excluding hydrogens is 286 g/mol. The highest BCUT2D eigenvalue weighted by atomic mass is 16.3. The summed E-state index contributed by atoms with van der Waals surface area (Å²) in [5.41, 5.74) is 10.9. The topological polar surface area (TPSA) is 71.0 Å². The summed E-state index contributed by atoms with van der Waals surface area (Å²) < 4.78 is 0. The number of fused-ring (bicyclic) bond motifs is 1. The number of nitrogen functional groups attached to an aromatic ring is 1. The smallest absolute Gasteiger partial charge is 0.152 e. The molecule has 0 amide bonds. The third-order valence-electron chi connectivity index (χ3n) is 4.09. The zero-order valence-electron chi connectivity index (χ0n) is 13.5. The number of anilines is 1. The molecule has 0 fully saturated rings. The summed E-state index contributed by atoms with van der Waals surface area (Å²) in [6, 6.07) is 13.5. The van der Waals surface area contributed by atoms with Crippen LogP contribution in [0.5, 0.6) is 5.75 Å². The molecule has 3 aromatic carbocycles. The maximum Gasteiger partial charge on any atom is 0.152 e. The third kappa shape index (κ3) is 2.63. The number of nitrogens with two attached hydrogens (primary N) is 1. The van der Waals surface area contributed by atoms with Gasteiger partial charge in [0.15, 0.2) is 5.75 Å². The molecule has 0 spiro atoms. The Hall–Kier alpha value is -2.88. The van der Waals surface area contributed by atoms with Gasteiger partial charge in [-0.15, -0.1) is 10.2 Å². The molecule has 3 aromatic rings. The lowest BCUT2D eigenvalue weighted by Gasteiger charge is -2.09. The van der Waals surface area contributed by atoms with Gasteiger partial charge < -0.3 is 10.8 Å². The normalized spacial score (nSPS) is 11.4. The van der Waals surface area contributed by atoms with Gasteiger partial charge in [0.2, 0.25) is 0 Å². The maximum absolute atomic E-state index is 10.5. The molecule has 0 aliphatic heterocycles. The van der Waals surface area contributed by atoms with E-state index >= 15 is 0 Å². The Morgan fingerprint density at radius 3 is 2.17 bits per heavy atom. The van der Waals surface area contributed by atoms with Crippen LogP contribution in [0, 0.1) is 20.8 Å². The van der Waals surface area contributed by atoms with Crippen LogP contribution in [0.1, 0.15) is 16.7 Å². The van der Waals surface area contributed by atoms with Gasteiger partial charge in [-0.25, -0.2) is 0 Å². The summed E-state index contributed by atoms with van der Waals surface area (Å²) in [7, 11) is 0. The van der Waals surface area contributed by atoms with Crippen LogP contribution in [-0.2, 0) is 0 Å². The maximum atomic E-state index is 10.5. The van der Waals surface area contributed by atoms with Gasteiger partial charge in [-0.3, -0.25) is 0 Å². The van der Waals surface area contributed by atoms with E-state index in [9.17, 15) is 5.11 Å². The summed E-state index contributed by atoms with van der Waals surface area (Å²) in [5, 5.41) is 20.6. The standard InChI is InChI=1S/C19H19N3O/c1-11-7-8-14-9-10-15(19(23)16(14)17(11)20)21-22-18-12(2)5-4-6-13(18)3/h4-10,23H,20H2,1-3H3/b22-21+. The number of rotatable bonds is 2. The number of aromatic hydroxyl groups is 1. The molecule has 0 bridgehead atoms. The fourth-order valence-corrected chi connectivity index (χ4v) is 2.67. The van der Waals surface area contributed by atoms with Crippen molar-refractivity contribution < 1.29 is 5.11 Å². The average Bonchev–Trinajstić information content (AvgIpc) is 2.52. The Morgan fingerprint density at radius 2 is 1.48 bits per heavy atom. The minimum Gasteiger partial charge on any atom is -0.505 e. The molecule has 0 aromatic heterocycles. The first-order chi connectivity index (χ1) is 11.0. The first-order valence-electron chi connectivity index (χ1n) is 7.47. The lowest BCUT2D eigenvalue weighted by atomic mass is 10.0. The fraction of sp³-hybridized carbons (Fsp3) is 0.158. The highest BCUT2D eigenvalue weighted by molar-refractivity contribution is 6.01. The van der Waals surface area contributed by atoms with Crippen molar-refractivity contribution in [3.05, 3.63) is 59.2 Å². The summed E-state index contributed by atoms with van der Waals surface area (Å²) in [4.78, 5) is 0. The molecule has 0 saturated heterocycles. The molecule has 4 heteroatoms. The Labute approximate surface area is 135 Å². The van der Waals surface area contributed by atoms with Gasteiger partial charge in [0.05, 0.1) is 5.69 Å². The van der Waals surface area contributed by atoms with Crippen molar-refractivity contribution in [1.82, 2.24) is 0 Å². The van der Waals surface area contributed by atoms with E-state index in [1.807, 2.05) is 57.2 Å². The summed E-state index contributed by atoms with van der Waals surface area (Å²) in [6.45, 7) is 5.89. The minimum atomic E-state index is 0.0682. The molecule has 116 valence electrons. The molecule has 23 heavy (non-hydrogen) atoms. The molecule has 3 N–H and O–H groups in total. The van der Waals surface area contributed by atoms with Crippen molar-refractivity contribution >= 4 is 27.8 Å². The van der Waals surface area contributed by atoms with Crippen molar-refractivity contribution in [3.8, 4) is 5.75 Å². The number of hydrogen-bond donors (Lipinski definition) is 2. The Morgan fingerprint density at radius 1 is 0.826 bits per heavy atom. The first kappa shape index (κ1) is 15.0. The molecular formula is C19H19N3O. The van der Waals surface area contributed by atoms with Gasteiger partial charge in [-0.2, -0.15) is 0 Å². The van der Waals surface area contributed by atoms with E-state index in [2.05, 4.69) is 10.2 Å². The van der Waals surface area contributed by atoms with E-state index in [0.29, 0.717) is 16.8 Å². The number of benzene rings is 3. The van der Waals surface area contributed by atoms with Gasteiger partial charge >= 0.3 is 0 Å². The van der Waals surface area contributed by atoms with Crippen LogP contribution < -0.4 is 5.73 Å². The Bertz CT molecular complexity index is 909. The van der Waals surface area contributed by atoms with E-state index in [1.165, 1.54) is 0 Å². The van der Waals surface area contributed by atoms with Crippen molar-refractivity contribution in [1.29, 1.82) is 0 Å². The summed E-state index contributed by atoms with van der Waals surface area (Å²) in [5.74, 6) is 0.0682. The van der Waals surface area contributed by atoms with Crippen LogP contribution in [0.15, 0.2) is 52.7 Å². The van der Waals surface area contributed by atoms with Crippen LogP contribution in [0.4, 0.5) is 17.1 Å². The van der Waals surface area contributed by atoms with Crippen LogP contribution in [0.3, 0.4) is 0 Å². The fourth-order valence-electron chi connectivity index (χ4n) is 2.67. The molecule has 3 rings (SSSR count). The van der Waals surface area contributed by atoms with Crippen LogP contribution in [0.2, 0.25) is 0 Å². The quantitative estimate of drug-likeness (QED) is 0.487. The van der Waals surface area contributed by atoms with Crippen LogP contribution in [-0.4, -0.2) is 5.11 Å². The molecule has 0 heterocycles. The highest BCUT2D eigenvalue weighted by Crippen LogP contribution is 2.40. The lowest BCUT2D eigenvalue weighted by molar-refractivity contribution is 0.483. The number of azo groups is 1. The lowest BCUT2D eigenvalue weighted by Crippen LogP contribution is -1.91. The zero-order valence-corrected chi connectivity index (χ0v) is 13.5. The number of phenolic OH excluding ortho intramolecular Hbond substituents is 1. The van der Waals surface area contributed by atoms with Crippen molar-refractivity contribution in [3.63, 3.8) is 0 Å². The largest absolute Gasteiger partial charge is 0.505 e. The van der Waals surface area contributed by atoms with Gasteiger partial charge in [0.25, 0.3) is 0 Å². The van der Waals surface area contributed by atoms with Gasteiger partial charge in [-0.05, 0) is 48.9 Å². The molecule has 0 saturated carbocycles. The number of phenols is 1.